The first-order valence-electron chi connectivity index (χ1n) is 5.23. The van der Waals surface area contributed by atoms with Gasteiger partial charge < -0.3 is 5.11 Å². The van der Waals surface area contributed by atoms with E-state index in [0.29, 0.717) is 16.7 Å². The van der Waals surface area contributed by atoms with Crippen LogP contribution in [-0.4, -0.2) is 48.5 Å². The Labute approximate surface area is 112 Å². The van der Waals surface area contributed by atoms with Crippen LogP contribution >= 0.6 is 23.3 Å². The Hall–Kier alpha value is -1.35. The van der Waals surface area contributed by atoms with Crippen molar-refractivity contribution in [2.24, 2.45) is 0 Å². The van der Waals surface area contributed by atoms with E-state index in [2.05, 4.69) is 14.7 Å². The van der Waals surface area contributed by atoms with E-state index in [0.717, 1.165) is 11.5 Å². The fourth-order valence-electron chi connectivity index (χ4n) is 1.65. The first-order chi connectivity index (χ1) is 8.49. The zero-order valence-electron chi connectivity index (χ0n) is 9.78. The Morgan fingerprint density at radius 2 is 2.28 bits per heavy atom. The highest BCUT2D eigenvalue weighted by Gasteiger charge is 2.39. The number of urea groups is 1. The molecule has 1 aliphatic heterocycles. The van der Waals surface area contributed by atoms with E-state index in [1.54, 1.807) is 13.8 Å². The van der Waals surface area contributed by atoms with Crippen LogP contribution in [0.1, 0.15) is 12.7 Å². The van der Waals surface area contributed by atoms with Gasteiger partial charge >= 0.3 is 12.0 Å². The van der Waals surface area contributed by atoms with Crippen LogP contribution in [0, 0.1) is 6.92 Å². The molecule has 0 aliphatic carbocycles. The highest BCUT2D eigenvalue weighted by atomic mass is 32.2. The van der Waals surface area contributed by atoms with Crippen LogP contribution in [0.15, 0.2) is 0 Å². The molecule has 1 aromatic rings. The molecule has 2 amide bonds. The summed E-state index contributed by atoms with van der Waals surface area (Å²) in [7, 11) is 0. The predicted octanol–water partition coefficient (Wildman–Crippen LogP) is 1.23. The molecule has 0 spiro atoms. The van der Waals surface area contributed by atoms with E-state index in [1.165, 1.54) is 16.7 Å². The molecule has 2 N–H and O–H groups in total. The highest BCUT2D eigenvalue weighted by molar-refractivity contribution is 8.00. The maximum atomic E-state index is 12.0. The third-order valence-corrected chi connectivity index (χ3v) is 4.42. The molecule has 18 heavy (non-hydrogen) atoms. The molecule has 9 heteroatoms. The summed E-state index contributed by atoms with van der Waals surface area (Å²) in [5.41, 5.74) is 0. The summed E-state index contributed by atoms with van der Waals surface area (Å²) in [6, 6.07) is -1.24. The first-order valence-corrected chi connectivity index (χ1v) is 7.05. The molecule has 1 aliphatic rings. The second kappa shape index (κ2) is 5.11. The molecule has 0 radical (unpaired) electrons. The number of carbonyl (C=O) groups is 2. The van der Waals surface area contributed by atoms with Crippen molar-refractivity contribution in [2.45, 2.75) is 25.3 Å². The smallest absolute Gasteiger partial charge is 0.327 e. The number of hydrogen-bond acceptors (Lipinski definition) is 6. The minimum Gasteiger partial charge on any atom is -0.480 e. The summed E-state index contributed by atoms with van der Waals surface area (Å²) in [5.74, 6) is -0.0108. The number of aryl methyl sites for hydroxylation is 1. The van der Waals surface area contributed by atoms with Crippen molar-refractivity contribution < 1.29 is 14.7 Å². The van der Waals surface area contributed by atoms with Crippen LogP contribution in [-0.2, 0) is 4.79 Å². The Bertz CT molecular complexity index is 478. The number of nitrogens with zero attached hydrogens (tertiary/aromatic N) is 3. The predicted molar refractivity (Wildman–Crippen MR) is 68.8 cm³/mol. The summed E-state index contributed by atoms with van der Waals surface area (Å²) in [4.78, 5) is 28.4. The molecule has 2 rings (SSSR count). The van der Waals surface area contributed by atoms with Crippen LogP contribution in [0.5, 0.6) is 0 Å². The van der Waals surface area contributed by atoms with Crippen LogP contribution in [0.25, 0.3) is 0 Å². The topological polar surface area (TPSA) is 95.4 Å². The van der Waals surface area contributed by atoms with Gasteiger partial charge in [0.1, 0.15) is 11.9 Å². The lowest BCUT2D eigenvalue weighted by Crippen LogP contribution is -2.46. The van der Waals surface area contributed by atoms with Crippen molar-refractivity contribution in [3.05, 3.63) is 5.82 Å². The molecular weight excluding hydrogens is 276 g/mol. The van der Waals surface area contributed by atoms with Crippen molar-refractivity contribution >= 4 is 40.4 Å². The summed E-state index contributed by atoms with van der Waals surface area (Å²) in [6.45, 7) is 3.53. The Morgan fingerprint density at radius 1 is 1.56 bits per heavy atom. The van der Waals surface area contributed by atoms with Crippen LogP contribution in [0.2, 0.25) is 0 Å². The Kier molecular flexibility index (Phi) is 3.71. The zero-order chi connectivity index (χ0) is 13.3. The second-order valence-electron chi connectivity index (χ2n) is 3.77. The van der Waals surface area contributed by atoms with Gasteiger partial charge in [-0.2, -0.15) is 4.37 Å². The largest absolute Gasteiger partial charge is 0.480 e. The number of aromatic nitrogens is 2. The number of aliphatic carboxylic acids is 1. The van der Waals surface area contributed by atoms with Crippen LogP contribution < -0.4 is 5.32 Å². The molecule has 2 heterocycles. The molecule has 1 fully saturated rings. The van der Waals surface area contributed by atoms with Crippen molar-refractivity contribution in [3.8, 4) is 0 Å². The quantitative estimate of drug-likeness (QED) is 0.849. The van der Waals surface area contributed by atoms with E-state index >= 15 is 0 Å². The van der Waals surface area contributed by atoms with Gasteiger partial charge in [0, 0.05) is 17.3 Å². The number of carboxylic acid groups (broad SMARTS) is 1. The molecule has 1 aromatic heterocycles. The lowest BCUT2D eigenvalue weighted by Gasteiger charge is -2.24. The third kappa shape index (κ3) is 2.56. The average Bonchev–Trinajstić information content (AvgIpc) is 2.85. The number of anilines is 1. The van der Waals surface area contributed by atoms with Crippen molar-refractivity contribution in [3.63, 3.8) is 0 Å². The summed E-state index contributed by atoms with van der Waals surface area (Å²) < 4.78 is 3.95. The van der Waals surface area contributed by atoms with Gasteiger partial charge in [-0.1, -0.05) is 0 Å². The molecule has 98 valence electrons. The van der Waals surface area contributed by atoms with Gasteiger partial charge in [-0.15, -0.1) is 11.8 Å². The summed E-state index contributed by atoms with van der Waals surface area (Å²) in [5, 5.41) is 11.8. The monoisotopic (exact) mass is 288 g/mol. The number of carbonyl (C=O) groups excluding carboxylic acids is 1. The molecule has 0 saturated carbocycles. The lowest BCUT2D eigenvalue weighted by atomic mass is 10.3. The molecule has 2 atom stereocenters. The van der Waals surface area contributed by atoms with Crippen molar-refractivity contribution in [2.75, 3.05) is 11.1 Å². The number of carboxylic acids is 1. The Balaban J connectivity index is 2.09. The molecule has 7 nitrogen and oxygen atoms in total. The maximum absolute atomic E-state index is 12.0. The number of thioether (sulfide) groups is 1. The second-order valence-corrected chi connectivity index (χ2v) is 5.87. The fourth-order valence-corrected chi connectivity index (χ4v) is 3.38. The zero-order valence-corrected chi connectivity index (χ0v) is 11.4. The van der Waals surface area contributed by atoms with E-state index < -0.39 is 18.0 Å². The lowest BCUT2D eigenvalue weighted by molar-refractivity contribution is -0.141. The molecule has 0 bridgehead atoms. The Morgan fingerprint density at radius 3 is 2.83 bits per heavy atom. The third-order valence-electron chi connectivity index (χ3n) is 2.48. The minimum atomic E-state index is -0.990. The van der Waals surface area contributed by atoms with Gasteiger partial charge in [0.15, 0.2) is 0 Å². The van der Waals surface area contributed by atoms with Gasteiger partial charge in [0.25, 0.3) is 0 Å². The van der Waals surface area contributed by atoms with Gasteiger partial charge in [0.05, 0.1) is 5.37 Å². The number of rotatable bonds is 2. The minimum absolute atomic E-state index is 0.167. The molecule has 0 aromatic carbocycles. The van der Waals surface area contributed by atoms with E-state index in [1.807, 2.05) is 0 Å². The number of amides is 2. The normalized spacial score (nSPS) is 23.1. The fraction of sp³-hybridized carbons (Fsp3) is 0.556. The van der Waals surface area contributed by atoms with Crippen LogP contribution in [0.3, 0.4) is 0 Å². The standard InChI is InChI=1S/C9H12N4O3S2/c1-4-10-8(18-12-4)11-9(16)13-5(2)17-3-6(13)7(14)15/h5-6H,3H2,1-2H3,(H,14,15)(H,10,11,12,16). The molecule has 2 unspecified atom stereocenters. The van der Waals surface area contributed by atoms with E-state index in [9.17, 15) is 9.59 Å². The van der Waals surface area contributed by atoms with Crippen molar-refractivity contribution in [1.29, 1.82) is 0 Å². The highest BCUT2D eigenvalue weighted by Crippen LogP contribution is 2.29. The van der Waals surface area contributed by atoms with Gasteiger partial charge in [-0.25, -0.2) is 14.6 Å². The van der Waals surface area contributed by atoms with Crippen LogP contribution in [0.4, 0.5) is 9.93 Å². The number of nitrogens with one attached hydrogen (secondary N) is 1. The number of hydrogen-bond donors (Lipinski definition) is 2. The molecule has 1 saturated heterocycles. The van der Waals surface area contributed by atoms with Crippen molar-refractivity contribution in [1.82, 2.24) is 14.3 Å². The first kappa shape index (κ1) is 13.1. The maximum Gasteiger partial charge on any atom is 0.327 e. The molecular formula is C9H12N4O3S2. The van der Waals surface area contributed by atoms with E-state index in [4.69, 9.17) is 5.11 Å². The van der Waals surface area contributed by atoms with Gasteiger partial charge in [0.2, 0.25) is 5.13 Å². The van der Waals surface area contributed by atoms with Gasteiger partial charge in [-0.3, -0.25) is 10.2 Å². The SMILES string of the molecule is Cc1nsc(NC(=O)N2C(C)SCC2C(=O)O)n1. The summed E-state index contributed by atoms with van der Waals surface area (Å²) >= 11 is 2.51. The van der Waals surface area contributed by atoms with E-state index in [-0.39, 0.29) is 5.37 Å². The average molecular weight is 288 g/mol. The van der Waals surface area contributed by atoms with Gasteiger partial charge in [-0.05, 0) is 13.8 Å². The summed E-state index contributed by atoms with van der Waals surface area (Å²) in [6.07, 6.45) is 0.